The Labute approximate surface area is 67.7 Å². The first-order valence-electron chi connectivity index (χ1n) is 3.40. The van der Waals surface area contributed by atoms with E-state index in [-0.39, 0.29) is 5.56 Å². The number of aromatic amines is 1. The van der Waals surface area contributed by atoms with Crippen molar-refractivity contribution < 1.29 is 0 Å². The molecule has 5 nitrogen and oxygen atoms in total. The van der Waals surface area contributed by atoms with E-state index in [0.29, 0.717) is 5.69 Å². The van der Waals surface area contributed by atoms with E-state index < -0.39 is 0 Å². The highest BCUT2D eigenvalue weighted by molar-refractivity contribution is 5.22. The third-order valence-corrected chi connectivity index (χ3v) is 1.45. The summed E-state index contributed by atoms with van der Waals surface area (Å²) >= 11 is 0. The van der Waals surface area contributed by atoms with E-state index in [1.165, 1.54) is 17.2 Å². The van der Waals surface area contributed by atoms with Crippen molar-refractivity contribution in [3.05, 3.63) is 41.3 Å². The first-order valence-corrected chi connectivity index (χ1v) is 3.40. The molecule has 5 heteroatoms. The van der Waals surface area contributed by atoms with E-state index in [4.69, 9.17) is 0 Å². The summed E-state index contributed by atoms with van der Waals surface area (Å²) in [4.78, 5) is 17.4. The van der Waals surface area contributed by atoms with Crippen molar-refractivity contribution in [1.82, 2.24) is 19.7 Å². The summed E-state index contributed by atoms with van der Waals surface area (Å²) in [6.45, 7) is 0. The van der Waals surface area contributed by atoms with E-state index in [2.05, 4.69) is 15.1 Å². The van der Waals surface area contributed by atoms with Crippen LogP contribution in [0.3, 0.4) is 0 Å². The molecule has 0 amide bonds. The van der Waals surface area contributed by atoms with Crippen LogP contribution < -0.4 is 5.56 Å². The fourth-order valence-corrected chi connectivity index (χ4v) is 0.911. The summed E-state index contributed by atoms with van der Waals surface area (Å²) in [5, 5.41) is 3.90. The molecule has 2 rings (SSSR count). The van der Waals surface area contributed by atoms with Crippen LogP contribution >= 0.6 is 0 Å². The molecule has 0 saturated heterocycles. The zero-order chi connectivity index (χ0) is 8.39. The summed E-state index contributed by atoms with van der Waals surface area (Å²) < 4.78 is 1.46. The van der Waals surface area contributed by atoms with Gasteiger partial charge in [-0.2, -0.15) is 5.10 Å². The quantitative estimate of drug-likeness (QED) is 0.639. The van der Waals surface area contributed by atoms with Crippen LogP contribution in [0.25, 0.3) is 5.69 Å². The molecule has 0 saturated carbocycles. The van der Waals surface area contributed by atoms with Crippen molar-refractivity contribution in [2.75, 3.05) is 0 Å². The van der Waals surface area contributed by atoms with Crippen LogP contribution in [0.15, 0.2) is 35.8 Å². The Hall–Kier alpha value is -1.91. The number of H-pyrrole nitrogens is 1. The monoisotopic (exact) mass is 162 g/mol. The van der Waals surface area contributed by atoms with Crippen LogP contribution in [0.1, 0.15) is 0 Å². The number of nitrogens with zero attached hydrogens (tertiary/aromatic N) is 3. The van der Waals surface area contributed by atoms with Gasteiger partial charge in [0, 0.05) is 12.4 Å². The van der Waals surface area contributed by atoms with Crippen molar-refractivity contribution in [3.63, 3.8) is 0 Å². The third-order valence-electron chi connectivity index (χ3n) is 1.45. The lowest BCUT2D eigenvalue weighted by molar-refractivity contribution is 0.851. The van der Waals surface area contributed by atoms with Crippen LogP contribution in [0.4, 0.5) is 0 Å². The topological polar surface area (TPSA) is 63.6 Å². The van der Waals surface area contributed by atoms with Gasteiger partial charge in [-0.3, -0.25) is 4.79 Å². The Balaban J connectivity index is 2.63. The summed E-state index contributed by atoms with van der Waals surface area (Å²) in [7, 11) is 0. The van der Waals surface area contributed by atoms with Gasteiger partial charge in [-0.25, -0.2) is 9.67 Å². The Morgan fingerprint density at radius 3 is 3.08 bits per heavy atom. The molecule has 0 aliphatic rings. The Kier molecular flexibility index (Phi) is 1.48. The Bertz CT molecular complexity index is 417. The van der Waals surface area contributed by atoms with Crippen LogP contribution in [-0.2, 0) is 0 Å². The Morgan fingerprint density at radius 2 is 2.42 bits per heavy atom. The van der Waals surface area contributed by atoms with Gasteiger partial charge < -0.3 is 4.98 Å². The highest BCUT2D eigenvalue weighted by atomic mass is 16.1. The molecule has 2 aromatic rings. The van der Waals surface area contributed by atoms with Gasteiger partial charge in [0.25, 0.3) is 5.56 Å². The van der Waals surface area contributed by atoms with E-state index in [1.807, 2.05) is 0 Å². The van der Waals surface area contributed by atoms with E-state index >= 15 is 0 Å². The predicted octanol–water partition coefficient (Wildman–Crippen LogP) is -0.0444. The molecule has 0 fully saturated rings. The second kappa shape index (κ2) is 2.61. The Morgan fingerprint density at radius 1 is 1.50 bits per heavy atom. The second-order valence-electron chi connectivity index (χ2n) is 2.22. The SMILES string of the molecule is O=c1[nH]cncc1-n1cccn1. The van der Waals surface area contributed by atoms with Crippen molar-refractivity contribution in [1.29, 1.82) is 0 Å². The first kappa shape index (κ1) is 6.78. The maximum atomic E-state index is 11.2. The van der Waals surface area contributed by atoms with Gasteiger partial charge >= 0.3 is 0 Å². The molecule has 0 atom stereocenters. The minimum absolute atomic E-state index is 0.200. The maximum Gasteiger partial charge on any atom is 0.276 e. The van der Waals surface area contributed by atoms with E-state index in [1.54, 1.807) is 18.5 Å². The number of rotatable bonds is 1. The molecule has 60 valence electrons. The number of hydrogen-bond donors (Lipinski definition) is 1. The molecule has 0 bridgehead atoms. The molecule has 1 N–H and O–H groups in total. The van der Waals surface area contributed by atoms with Crippen LogP contribution in [0, 0.1) is 0 Å². The van der Waals surface area contributed by atoms with Gasteiger partial charge in [0.2, 0.25) is 0 Å². The highest BCUT2D eigenvalue weighted by Gasteiger charge is 1.99. The average molecular weight is 162 g/mol. The lowest BCUT2D eigenvalue weighted by Gasteiger charge is -1.96. The maximum absolute atomic E-state index is 11.2. The minimum atomic E-state index is -0.200. The lowest BCUT2D eigenvalue weighted by atomic mass is 10.5. The van der Waals surface area contributed by atoms with Gasteiger partial charge in [-0.1, -0.05) is 0 Å². The molecule has 0 aliphatic carbocycles. The number of nitrogens with one attached hydrogen (secondary N) is 1. The number of hydrogen-bond acceptors (Lipinski definition) is 3. The predicted molar refractivity (Wildman–Crippen MR) is 42.0 cm³/mol. The first-order chi connectivity index (χ1) is 5.88. The van der Waals surface area contributed by atoms with Gasteiger partial charge in [0.15, 0.2) is 0 Å². The summed E-state index contributed by atoms with van der Waals surface area (Å²) in [5.41, 5.74) is 0.219. The second-order valence-corrected chi connectivity index (χ2v) is 2.22. The summed E-state index contributed by atoms with van der Waals surface area (Å²) in [5.74, 6) is 0. The zero-order valence-corrected chi connectivity index (χ0v) is 6.14. The molecule has 0 unspecified atom stereocenters. The van der Waals surface area contributed by atoms with E-state index in [9.17, 15) is 4.79 Å². The molecule has 0 aliphatic heterocycles. The zero-order valence-electron chi connectivity index (χ0n) is 6.14. The highest BCUT2D eigenvalue weighted by Crippen LogP contribution is 1.93. The molecule has 0 spiro atoms. The van der Waals surface area contributed by atoms with Crippen LogP contribution in [0.5, 0.6) is 0 Å². The molecular formula is C7H6N4O. The lowest BCUT2D eigenvalue weighted by Crippen LogP contribution is -2.14. The van der Waals surface area contributed by atoms with Gasteiger partial charge in [0.1, 0.15) is 5.69 Å². The van der Waals surface area contributed by atoms with Crippen molar-refractivity contribution >= 4 is 0 Å². The molecule has 2 aromatic heterocycles. The smallest absolute Gasteiger partial charge is 0.276 e. The largest absolute Gasteiger partial charge is 0.311 e. The molecule has 0 radical (unpaired) electrons. The van der Waals surface area contributed by atoms with Crippen LogP contribution in [0.2, 0.25) is 0 Å². The van der Waals surface area contributed by atoms with Crippen molar-refractivity contribution in [3.8, 4) is 5.69 Å². The summed E-state index contributed by atoms with van der Waals surface area (Å²) in [6.07, 6.45) is 6.10. The van der Waals surface area contributed by atoms with Gasteiger partial charge in [-0.05, 0) is 6.07 Å². The van der Waals surface area contributed by atoms with Crippen molar-refractivity contribution in [2.24, 2.45) is 0 Å². The molecule has 12 heavy (non-hydrogen) atoms. The third kappa shape index (κ3) is 1.01. The van der Waals surface area contributed by atoms with Gasteiger partial charge in [-0.15, -0.1) is 0 Å². The van der Waals surface area contributed by atoms with Crippen molar-refractivity contribution in [2.45, 2.75) is 0 Å². The molecular weight excluding hydrogens is 156 g/mol. The number of aromatic nitrogens is 4. The standard InChI is InChI=1S/C7H6N4O/c12-7-6(4-8-5-9-7)11-3-1-2-10-11/h1-5H,(H,8,9,12). The minimum Gasteiger partial charge on any atom is -0.311 e. The fraction of sp³-hybridized carbons (Fsp3) is 0. The van der Waals surface area contributed by atoms with E-state index in [0.717, 1.165) is 0 Å². The normalized spacial score (nSPS) is 10.0. The van der Waals surface area contributed by atoms with Crippen LogP contribution in [-0.4, -0.2) is 19.7 Å². The average Bonchev–Trinajstić information content (AvgIpc) is 2.57. The summed E-state index contributed by atoms with van der Waals surface area (Å²) in [6, 6.07) is 1.74. The molecule has 2 heterocycles. The van der Waals surface area contributed by atoms with Gasteiger partial charge in [0.05, 0.1) is 12.5 Å². The molecule has 0 aromatic carbocycles. The fourth-order valence-electron chi connectivity index (χ4n) is 0.911.